The molecule has 24 heavy (non-hydrogen) atoms. The summed E-state index contributed by atoms with van der Waals surface area (Å²) < 4.78 is 0. The highest BCUT2D eigenvalue weighted by Crippen LogP contribution is 2.25. The first kappa shape index (κ1) is 16.4. The van der Waals surface area contributed by atoms with Crippen molar-refractivity contribution in [3.63, 3.8) is 0 Å². The van der Waals surface area contributed by atoms with Crippen LogP contribution in [0.5, 0.6) is 0 Å². The van der Waals surface area contributed by atoms with Gasteiger partial charge in [0.25, 0.3) is 0 Å². The predicted octanol–water partition coefficient (Wildman–Crippen LogP) is 3.70. The summed E-state index contributed by atoms with van der Waals surface area (Å²) in [6.07, 6.45) is 8.39. The molecule has 1 heterocycles. The van der Waals surface area contributed by atoms with Gasteiger partial charge in [0.05, 0.1) is 0 Å². The van der Waals surface area contributed by atoms with Crippen molar-refractivity contribution in [3.05, 3.63) is 66.0 Å². The summed E-state index contributed by atoms with van der Waals surface area (Å²) in [5.74, 6) is -0.0890. The van der Waals surface area contributed by atoms with E-state index in [9.17, 15) is 9.59 Å². The second-order valence-corrected chi connectivity index (χ2v) is 6.29. The lowest BCUT2D eigenvalue weighted by molar-refractivity contribution is -0.126. The fourth-order valence-electron chi connectivity index (χ4n) is 3.25. The fraction of sp³-hybridized carbons (Fsp3) is 0.350. The second-order valence-electron chi connectivity index (χ2n) is 6.29. The number of hydrogen-bond donors (Lipinski definition) is 1. The molecule has 0 spiro atoms. The van der Waals surface area contributed by atoms with Crippen LogP contribution in [-0.2, 0) is 4.79 Å². The van der Waals surface area contributed by atoms with Crippen molar-refractivity contribution in [1.29, 1.82) is 0 Å². The molecule has 3 rings (SSSR count). The van der Waals surface area contributed by atoms with E-state index >= 15 is 0 Å². The Morgan fingerprint density at radius 2 is 1.62 bits per heavy atom. The maximum Gasteiger partial charge on any atom is 0.223 e. The van der Waals surface area contributed by atoms with E-state index < -0.39 is 6.04 Å². The first-order chi connectivity index (χ1) is 11.8. The zero-order valence-electron chi connectivity index (χ0n) is 13.7. The highest BCUT2D eigenvalue weighted by atomic mass is 16.2. The van der Waals surface area contributed by atoms with Gasteiger partial charge in [0.2, 0.25) is 5.91 Å². The SMILES string of the molecule is O=C(NC(C(=O)c1ccncc1)c1ccccc1)C1CCCCC1. The Morgan fingerprint density at radius 3 is 2.29 bits per heavy atom. The van der Waals surface area contributed by atoms with Crippen molar-refractivity contribution in [3.8, 4) is 0 Å². The van der Waals surface area contributed by atoms with E-state index in [4.69, 9.17) is 0 Å². The molecule has 0 bridgehead atoms. The number of carbonyl (C=O) groups excluding carboxylic acids is 2. The fourth-order valence-corrected chi connectivity index (χ4v) is 3.25. The summed E-state index contributed by atoms with van der Waals surface area (Å²) >= 11 is 0. The average Bonchev–Trinajstić information content (AvgIpc) is 2.67. The van der Waals surface area contributed by atoms with Gasteiger partial charge in [-0.25, -0.2) is 0 Å². The summed E-state index contributed by atoms with van der Waals surface area (Å²) in [5, 5.41) is 2.99. The summed E-state index contributed by atoms with van der Waals surface area (Å²) in [5.41, 5.74) is 1.37. The van der Waals surface area contributed by atoms with E-state index in [1.807, 2.05) is 30.3 Å². The molecule has 0 saturated heterocycles. The lowest BCUT2D eigenvalue weighted by atomic mass is 9.88. The van der Waals surface area contributed by atoms with Gasteiger partial charge in [-0.1, -0.05) is 49.6 Å². The quantitative estimate of drug-likeness (QED) is 0.854. The molecular weight excluding hydrogens is 300 g/mol. The van der Waals surface area contributed by atoms with Crippen LogP contribution in [0.3, 0.4) is 0 Å². The van der Waals surface area contributed by atoms with Crippen LogP contribution in [0.4, 0.5) is 0 Å². The third-order valence-corrected chi connectivity index (χ3v) is 4.62. The molecule has 1 aromatic heterocycles. The normalized spacial score (nSPS) is 16.3. The molecule has 1 amide bonds. The largest absolute Gasteiger partial charge is 0.342 e. The Bertz CT molecular complexity index is 679. The van der Waals surface area contributed by atoms with E-state index in [1.54, 1.807) is 24.5 Å². The Kier molecular flexibility index (Phi) is 5.36. The van der Waals surface area contributed by atoms with E-state index in [1.165, 1.54) is 6.42 Å². The number of aromatic nitrogens is 1. The van der Waals surface area contributed by atoms with E-state index in [2.05, 4.69) is 10.3 Å². The van der Waals surface area contributed by atoms with E-state index in [-0.39, 0.29) is 17.6 Å². The molecule has 4 nitrogen and oxygen atoms in total. The smallest absolute Gasteiger partial charge is 0.223 e. The molecule has 1 unspecified atom stereocenters. The molecule has 1 fully saturated rings. The number of pyridine rings is 1. The van der Waals surface area contributed by atoms with Crippen LogP contribution in [0.2, 0.25) is 0 Å². The lowest BCUT2D eigenvalue weighted by Crippen LogP contribution is -2.38. The van der Waals surface area contributed by atoms with Gasteiger partial charge in [0, 0.05) is 23.9 Å². The molecule has 1 atom stereocenters. The van der Waals surface area contributed by atoms with Gasteiger partial charge in [-0.05, 0) is 30.5 Å². The molecule has 1 saturated carbocycles. The molecular formula is C20H22N2O2. The number of amides is 1. The summed E-state index contributed by atoms with van der Waals surface area (Å²) in [7, 11) is 0. The Balaban J connectivity index is 1.82. The van der Waals surface area contributed by atoms with Crippen molar-refractivity contribution in [2.24, 2.45) is 5.92 Å². The molecule has 0 radical (unpaired) electrons. The minimum absolute atomic E-state index is 0.00837. The Hall–Kier alpha value is -2.49. The first-order valence-corrected chi connectivity index (χ1v) is 8.55. The van der Waals surface area contributed by atoms with Crippen molar-refractivity contribution in [1.82, 2.24) is 10.3 Å². The first-order valence-electron chi connectivity index (χ1n) is 8.55. The Morgan fingerprint density at radius 1 is 0.958 bits per heavy atom. The zero-order valence-corrected chi connectivity index (χ0v) is 13.7. The third-order valence-electron chi connectivity index (χ3n) is 4.62. The van der Waals surface area contributed by atoms with Gasteiger partial charge >= 0.3 is 0 Å². The maximum absolute atomic E-state index is 12.9. The zero-order chi connectivity index (χ0) is 16.8. The minimum atomic E-state index is -0.650. The number of benzene rings is 1. The van der Waals surface area contributed by atoms with Gasteiger partial charge in [-0.3, -0.25) is 14.6 Å². The summed E-state index contributed by atoms with van der Waals surface area (Å²) in [6, 6.07) is 12.2. The molecule has 124 valence electrons. The third kappa shape index (κ3) is 3.88. The number of nitrogens with one attached hydrogen (secondary N) is 1. The number of carbonyl (C=O) groups is 2. The van der Waals surface area contributed by atoms with Crippen molar-refractivity contribution >= 4 is 11.7 Å². The van der Waals surface area contributed by atoms with Crippen molar-refractivity contribution < 1.29 is 9.59 Å². The molecule has 1 aromatic carbocycles. The highest BCUT2D eigenvalue weighted by molar-refractivity contribution is 6.02. The van der Waals surface area contributed by atoms with Gasteiger partial charge in [-0.15, -0.1) is 0 Å². The van der Waals surface area contributed by atoms with Gasteiger partial charge in [0.1, 0.15) is 6.04 Å². The predicted molar refractivity (Wildman–Crippen MR) is 92.5 cm³/mol. The molecule has 4 heteroatoms. The second kappa shape index (κ2) is 7.86. The van der Waals surface area contributed by atoms with Crippen LogP contribution < -0.4 is 5.32 Å². The number of Topliss-reactive ketones (excluding diaryl/α,β-unsaturated/α-hetero) is 1. The Labute approximate surface area is 142 Å². The van der Waals surface area contributed by atoms with Crippen LogP contribution in [0.1, 0.15) is 54.1 Å². The van der Waals surface area contributed by atoms with Crippen LogP contribution in [0.25, 0.3) is 0 Å². The highest BCUT2D eigenvalue weighted by Gasteiger charge is 2.28. The number of nitrogens with zero attached hydrogens (tertiary/aromatic N) is 1. The summed E-state index contributed by atoms with van der Waals surface area (Å²) in [6.45, 7) is 0. The molecule has 1 N–H and O–H groups in total. The van der Waals surface area contributed by atoms with E-state index in [0.717, 1.165) is 31.2 Å². The van der Waals surface area contributed by atoms with Crippen molar-refractivity contribution in [2.75, 3.05) is 0 Å². The molecule has 1 aliphatic rings. The number of hydrogen-bond acceptors (Lipinski definition) is 3. The monoisotopic (exact) mass is 322 g/mol. The molecule has 1 aliphatic carbocycles. The van der Waals surface area contributed by atoms with Crippen LogP contribution in [-0.4, -0.2) is 16.7 Å². The van der Waals surface area contributed by atoms with Crippen LogP contribution in [0, 0.1) is 5.92 Å². The van der Waals surface area contributed by atoms with Gasteiger partial charge in [-0.2, -0.15) is 0 Å². The molecule has 2 aromatic rings. The van der Waals surface area contributed by atoms with Gasteiger partial charge < -0.3 is 5.32 Å². The maximum atomic E-state index is 12.9. The van der Waals surface area contributed by atoms with Crippen LogP contribution in [0.15, 0.2) is 54.9 Å². The standard InChI is InChI=1S/C20H22N2O2/c23-19(16-11-13-21-14-12-16)18(15-7-3-1-4-8-15)22-20(24)17-9-5-2-6-10-17/h1,3-4,7-8,11-14,17-18H,2,5-6,9-10H2,(H,22,24). The number of ketones is 1. The topological polar surface area (TPSA) is 59.1 Å². The average molecular weight is 322 g/mol. The molecule has 0 aliphatic heterocycles. The lowest BCUT2D eigenvalue weighted by Gasteiger charge is -2.24. The van der Waals surface area contributed by atoms with E-state index in [0.29, 0.717) is 5.56 Å². The minimum Gasteiger partial charge on any atom is -0.342 e. The summed E-state index contributed by atoms with van der Waals surface area (Å²) in [4.78, 5) is 29.5. The van der Waals surface area contributed by atoms with Crippen LogP contribution >= 0.6 is 0 Å². The van der Waals surface area contributed by atoms with Crippen molar-refractivity contribution in [2.45, 2.75) is 38.1 Å². The van der Waals surface area contributed by atoms with Gasteiger partial charge in [0.15, 0.2) is 5.78 Å². The number of rotatable bonds is 5.